The molecule has 0 N–H and O–H groups in total. The van der Waals surface area contributed by atoms with Crippen LogP contribution >= 0.6 is 0 Å². The van der Waals surface area contributed by atoms with E-state index in [-0.39, 0.29) is 0 Å². The number of rotatable bonds is 4. The molecule has 0 saturated heterocycles. The lowest BCUT2D eigenvalue weighted by molar-refractivity contribution is 0.453. The van der Waals surface area contributed by atoms with Crippen LogP contribution in [0, 0.1) is 13.8 Å². The van der Waals surface area contributed by atoms with Crippen LogP contribution in [0.3, 0.4) is 0 Å². The molecule has 0 saturated carbocycles. The average Bonchev–Trinajstić information content (AvgIpc) is 2.34. The van der Waals surface area contributed by atoms with E-state index in [0.29, 0.717) is 11.5 Å². The molecule has 0 aliphatic rings. The van der Waals surface area contributed by atoms with Crippen molar-refractivity contribution in [1.29, 1.82) is 0 Å². The Morgan fingerprint density at radius 3 is 1.76 bits per heavy atom. The maximum atomic E-state index is 5.36. The van der Waals surface area contributed by atoms with Crippen molar-refractivity contribution in [3.8, 4) is 11.5 Å². The first-order valence-electron chi connectivity index (χ1n) is 5.23. The Hall–Kier alpha value is -2.04. The van der Waals surface area contributed by atoms with Crippen molar-refractivity contribution in [2.75, 3.05) is 0 Å². The first kappa shape index (κ1) is 11.5. The number of aryl methyl sites for hydroxylation is 2. The van der Waals surface area contributed by atoms with E-state index >= 15 is 0 Å². The van der Waals surface area contributed by atoms with Crippen LogP contribution in [0.5, 0.6) is 11.5 Å². The molecule has 5 heteroatoms. The summed E-state index contributed by atoms with van der Waals surface area (Å²) < 4.78 is 10.7. The maximum Gasteiger partial charge on any atom is 0.658 e. The van der Waals surface area contributed by atoms with E-state index in [1.54, 1.807) is 24.8 Å². The van der Waals surface area contributed by atoms with Gasteiger partial charge in [0.2, 0.25) is 0 Å². The Morgan fingerprint density at radius 1 is 0.882 bits per heavy atom. The molecule has 2 heterocycles. The van der Waals surface area contributed by atoms with Crippen molar-refractivity contribution in [2.24, 2.45) is 0 Å². The van der Waals surface area contributed by atoms with Gasteiger partial charge < -0.3 is 9.31 Å². The van der Waals surface area contributed by atoms with Gasteiger partial charge in [0.1, 0.15) is 11.5 Å². The van der Waals surface area contributed by atoms with Crippen LogP contribution in [0.25, 0.3) is 0 Å². The van der Waals surface area contributed by atoms with Crippen molar-refractivity contribution in [3.05, 3.63) is 48.0 Å². The van der Waals surface area contributed by atoms with Gasteiger partial charge in [0, 0.05) is 12.4 Å². The molecule has 17 heavy (non-hydrogen) atoms. The number of hydrogen-bond acceptors (Lipinski definition) is 4. The summed E-state index contributed by atoms with van der Waals surface area (Å²) in [7, 11) is 1.29. The van der Waals surface area contributed by atoms with Gasteiger partial charge in [0.15, 0.2) is 0 Å². The van der Waals surface area contributed by atoms with Gasteiger partial charge in [-0.25, -0.2) is 0 Å². The highest BCUT2D eigenvalue weighted by Gasteiger charge is 2.05. The number of aromatic nitrogens is 2. The fourth-order valence-corrected chi connectivity index (χ4v) is 1.27. The van der Waals surface area contributed by atoms with E-state index in [0.717, 1.165) is 11.1 Å². The Labute approximate surface area is 101 Å². The topological polar surface area (TPSA) is 44.2 Å². The predicted molar refractivity (Wildman–Crippen MR) is 65.0 cm³/mol. The molecule has 0 spiro atoms. The minimum atomic E-state index is 0.675. The lowest BCUT2D eigenvalue weighted by atomic mass is 10.2. The van der Waals surface area contributed by atoms with Gasteiger partial charge >= 0.3 is 7.69 Å². The average molecular weight is 227 g/mol. The summed E-state index contributed by atoms with van der Waals surface area (Å²) in [5, 5.41) is 0. The smallest absolute Gasteiger partial charge is 0.525 e. The Bertz CT molecular complexity index is 460. The third-order valence-electron chi connectivity index (χ3n) is 2.33. The predicted octanol–water partition coefficient (Wildman–Crippen LogP) is 2.09. The van der Waals surface area contributed by atoms with Crippen LogP contribution in [0.4, 0.5) is 0 Å². The normalized spacial score (nSPS) is 9.76. The highest BCUT2D eigenvalue weighted by atomic mass is 16.6. The first-order chi connectivity index (χ1) is 8.27. The van der Waals surface area contributed by atoms with Gasteiger partial charge in [-0.05, 0) is 37.1 Å². The van der Waals surface area contributed by atoms with E-state index in [2.05, 4.69) is 9.97 Å². The maximum absolute atomic E-state index is 5.36. The summed E-state index contributed by atoms with van der Waals surface area (Å²) in [6.45, 7) is 3.89. The molecule has 85 valence electrons. The number of nitrogens with zero attached hydrogens (tertiary/aromatic N) is 2. The zero-order valence-electron chi connectivity index (χ0n) is 9.75. The molecule has 0 fully saturated rings. The van der Waals surface area contributed by atoms with Gasteiger partial charge in [0.05, 0.1) is 12.4 Å². The van der Waals surface area contributed by atoms with Crippen molar-refractivity contribution >= 4 is 7.69 Å². The quantitative estimate of drug-likeness (QED) is 0.750. The summed E-state index contributed by atoms with van der Waals surface area (Å²) in [6, 6.07) is 3.75. The SMILES string of the molecule is Cc1ccncc1O[B]Oc1cnccc1C. The second-order valence-electron chi connectivity index (χ2n) is 3.61. The minimum Gasteiger partial charge on any atom is -0.525 e. The Morgan fingerprint density at radius 2 is 1.35 bits per heavy atom. The summed E-state index contributed by atoms with van der Waals surface area (Å²) in [4.78, 5) is 7.95. The van der Waals surface area contributed by atoms with Gasteiger partial charge in [-0.15, -0.1) is 0 Å². The van der Waals surface area contributed by atoms with E-state index < -0.39 is 0 Å². The zero-order valence-corrected chi connectivity index (χ0v) is 9.75. The summed E-state index contributed by atoms with van der Waals surface area (Å²) in [6.07, 6.45) is 6.72. The fourth-order valence-electron chi connectivity index (χ4n) is 1.27. The summed E-state index contributed by atoms with van der Waals surface area (Å²) >= 11 is 0. The third-order valence-corrected chi connectivity index (χ3v) is 2.33. The molecule has 0 aliphatic carbocycles. The fraction of sp³-hybridized carbons (Fsp3) is 0.167. The van der Waals surface area contributed by atoms with Gasteiger partial charge in [-0.1, -0.05) is 0 Å². The molecule has 1 radical (unpaired) electrons. The van der Waals surface area contributed by atoms with Gasteiger partial charge in [0.25, 0.3) is 0 Å². The first-order valence-corrected chi connectivity index (χ1v) is 5.23. The van der Waals surface area contributed by atoms with Gasteiger partial charge in [-0.3, -0.25) is 9.97 Å². The minimum absolute atomic E-state index is 0.675. The van der Waals surface area contributed by atoms with E-state index in [1.807, 2.05) is 26.0 Å². The van der Waals surface area contributed by atoms with Gasteiger partial charge in [-0.2, -0.15) is 0 Å². The zero-order chi connectivity index (χ0) is 12.1. The lowest BCUT2D eigenvalue weighted by Gasteiger charge is -2.09. The van der Waals surface area contributed by atoms with Crippen LogP contribution < -0.4 is 9.31 Å². The Balaban J connectivity index is 1.93. The molecule has 0 unspecified atom stereocenters. The monoisotopic (exact) mass is 227 g/mol. The second kappa shape index (κ2) is 5.34. The van der Waals surface area contributed by atoms with Crippen LogP contribution in [0.1, 0.15) is 11.1 Å². The molecule has 0 amide bonds. The van der Waals surface area contributed by atoms with E-state index in [1.165, 1.54) is 7.69 Å². The van der Waals surface area contributed by atoms with Crippen LogP contribution in [0.15, 0.2) is 36.9 Å². The van der Waals surface area contributed by atoms with Crippen molar-refractivity contribution in [1.82, 2.24) is 9.97 Å². The molecule has 2 rings (SSSR count). The van der Waals surface area contributed by atoms with Crippen LogP contribution in [-0.4, -0.2) is 17.7 Å². The molecule has 0 atom stereocenters. The van der Waals surface area contributed by atoms with Crippen molar-refractivity contribution < 1.29 is 9.31 Å². The van der Waals surface area contributed by atoms with E-state index in [4.69, 9.17) is 9.31 Å². The molecule has 0 bridgehead atoms. The standard InChI is InChI=1S/C12H12BN2O2/c1-9-3-5-14-7-11(9)16-13-17-12-8-15-6-4-10(12)2/h3-8H,1-2H3. The van der Waals surface area contributed by atoms with Crippen molar-refractivity contribution in [2.45, 2.75) is 13.8 Å². The largest absolute Gasteiger partial charge is 0.658 e. The molecule has 4 nitrogen and oxygen atoms in total. The number of pyridine rings is 2. The molecule has 2 aromatic heterocycles. The van der Waals surface area contributed by atoms with Crippen molar-refractivity contribution in [3.63, 3.8) is 0 Å². The summed E-state index contributed by atoms with van der Waals surface area (Å²) in [5.41, 5.74) is 2.01. The molecule has 0 aromatic carbocycles. The van der Waals surface area contributed by atoms with Crippen LogP contribution in [-0.2, 0) is 0 Å². The van der Waals surface area contributed by atoms with Crippen LogP contribution in [0.2, 0.25) is 0 Å². The second-order valence-corrected chi connectivity index (χ2v) is 3.61. The lowest BCUT2D eigenvalue weighted by Crippen LogP contribution is -2.12. The highest BCUT2D eigenvalue weighted by molar-refractivity contribution is 6.20. The third kappa shape index (κ3) is 2.97. The summed E-state index contributed by atoms with van der Waals surface area (Å²) in [5.74, 6) is 1.35. The molecule has 2 aromatic rings. The highest BCUT2D eigenvalue weighted by Crippen LogP contribution is 2.16. The molecular formula is C12H12BN2O2. The molecular weight excluding hydrogens is 215 g/mol. The Kier molecular flexibility index (Phi) is 3.60. The number of hydrogen-bond donors (Lipinski definition) is 0. The molecule has 0 aliphatic heterocycles. The van der Waals surface area contributed by atoms with E-state index in [9.17, 15) is 0 Å².